The standard InChI is InChI=1S/C20H18INO4S/c1-3-26-18-14(5-4-6-16(18)25-2)11-17-19(23)22(20(24)27-17)12-13-7-9-15(21)10-8-13/h4-11H,3,12H2,1-2H3/b17-11-. The van der Waals surface area contributed by atoms with Crippen molar-refractivity contribution in [3.8, 4) is 11.5 Å². The van der Waals surface area contributed by atoms with E-state index >= 15 is 0 Å². The Balaban J connectivity index is 1.87. The van der Waals surface area contributed by atoms with E-state index in [1.54, 1.807) is 19.3 Å². The number of para-hydroxylation sites is 1. The first-order valence-electron chi connectivity index (χ1n) is 8.33. The van der Waals surface area contributed by atoms with Crippen LogP contribution in [0.15, 0.2) is 47.4 Å². The van der Waals surface area contributed by atoms with Crippen molar-refractivity contribution in [1.29, 1.82) is 0 Å². The van der Waals surface area contributed by atoms with Gasteiger partial charge < -0.3 is 9.47 Å². The van der Waals surface area contributed by atoms with Crippen LogP contribution in [0.1, 0.15) is 18.1 Å². The molecule has 0 unspecified atom stereocenters. The molecule has 2 aromatic carbocycles. The molecule has 140 valence electrons. The molecule has 5 nitrogen and oxygen atoms in total. The highest BCUT2D eigenvalue weighted by atomic mass is 127. The molecule has 2 aromatic rings. The van der Waals surface area contributed by atoms with Gasteiger partial charge in [0, 0.05) is 9.13 Å². The normalized spacial score (nSPS) is 15.5. The summed E-state index contributed by atoms with van der Waals surface area (Å²) in [4.78, 5) is 26.8. The highest BCUT2D eigenvalue weighted by molar-refractivity contribution is 14.1. The zero-order valence-electron chi connectivity index (χ0n) is 14.9. The van der Waals surface area contributed by atoms with Crippen LogP contribution in [0.25, 0.3) is 6.08 Å². The third kappa shape index (κ3) is 4.47. The number of benzene rings is 2. The minimum absolute atomic E-state index is 0.259. The lowest BCUT2D eigenvalue weighted by Gasteiger charge is -2.13. The average Bonchev–Trinajstić information content (AvgIpc) is 2.92. The van der Waals surface area contributed by atoms with Crippen LogP contribution in [-0.2, 0) is 11.3 Å². The van der Waals surface area contributed by atoms with Crippen molar-refractivity contribution in [1.82, 2.24) is 4.90 Å². The number of imide groups is 1. The number of amides is 2. The number of methoxy groups -OCH3 is 1. The quantitative estimate of drug-likeness (QED) is 0.420. The first kappa shape index (κ1) is 19.8. The summed E-state index contributed by atoms with van der Waals surface area (Å²) in [6, 6.07) is 13.2. The smallest absolute Gasteiger partial charge is 0.293 e. The van der Waals surface area contributed by atoms with E-state index in [2.05, 4.69) is 22.6 Å². The molecular formula is C20H18INO4S. The highest BCUT2D eigenvalue weighted by Crippen LogP contribution is 2.37. The predicted molar refractivity (Wildman–Crippen MR) is 115 cm³/mol. The van der Waals surface area contributed by atoms with Gasteiger partial charge in [0.15, 0.2) is 11.5 Å². The number of hydrogen-bond donors (Lipinski definition) is 0. The molecule has 0 aromatic heterocycles. The van der Waals surface area contributed by atoms with E-state index in [1.807, 2.05) is 43.3 Å². The second kappa shape index (κ2) is 8.79. The number of rotatable bonds is 6. The largest absolute Gasteiger partial charge is 0.493 e. The molecule has 27 heavy (non-hydrogen) atoms. The van der Waals surface area contributed by atoms with Gasteiger partial charge in [-0.25, -0.2) is 0 Å². The fourth-order valence-electron chi connectivity index (χ4n) is 2.66. The van der Waals surface area contributed by atoms with Gasteiger partial charge >= 0.3 is 0 Å². The van der Waals surface area contributed by atoms with Crippen LogP contribution in [0.2, 0.25) is 0 Å². The minimum atomic E-state index is -0.297. The van der Waals surface area contributed by atoms with Crippen molar-refractivity contribution in [3.05, 3.63) is 62.1 Å². The molecule has 0 radical (unpaired) electrons. The zero-order chi connectivity index (χ0) is 19.4. The van der Waals surface area contributed by atoms with Crippen LogP contribution in [0.4, 0.5) is 4.79 Å². The number of hydrogen-bond acceptors (Lipinski definition) is 5. The van der Waals surface area contributed by atoms with Gasteiger partial charge in [-0.2, -0.15) is 0 Å². The summed E-state index contributed by atoms with van der Waals surface area (Å²) < 4.78 is 12.1. The highest BCUT2D eigenvalue weighted by Gasteiger charge is 2.35. The second-order valence-corrected chi connectivity index (χ2v) is 7.94. The Hall–Kier alpha value is -2.00. The molecule has 7 heteroatoms. The van der Waals surface area contributed by atoms with Crippen molar-refractivity contribution >= 4 is 51.6 Å². The van der Waals surface area contributed by atoms with Crippen LogP contribution in [-0.4, -0.2) is 29.8 Å². The van der Waals surface area contributed by atoms with E-state index < -0.39 is 0 Å². The number of nitrogens with zero attached hydrogens (tertiary/aromatic N) is 1. The van der Waals surface area contributed by atoms with Crippen molar-refractivity contribution in [2.45, 2.75) is 13.5 Å². The van der Waals surface area contributed by atoms with Crippen LogP contribution in [0.3, 0.4) is 0 Å². The van der Waals surface area contributed by atoms with Gasteiger partial charge in [0.1, 0.15) is 0 Å². The molecule has 0 bridgehead atoms. The van der Waals surface area contributed by atoms with Crippen LogP contribution in [0, 0.1) is 3.57 Å². The van der Waals surface area contributed by atoms with Gasteiger partial charge in [-0.3, -0.25) is 14.5 Å². The van der Waals surface area contributed by atoms with Crippen molar-refractivity contribution in [2.75, 3.05) is 13.7 Å². The van der Waals surface area contributed by atoms with Gasteiger partial charge in [0.25, 0.3) is 11.1 Å². The van der Waals surface area contributed by atoms with Crippen molar-refractivity contribution < 1.29 is 19.1 Å². The number of thioether (sulfide) groups is 1. The molecule has 1 saturated heterocycles. The molecule has 1 heterocycles. The van der Waals surface area contributed by atoms with Crippen LogP contribution >= 0.6 is 34.4 Å². The Morgan fingerprint density at radius 3 is 2.56 bits per heavy atom. The number of halogens is 1. The summed E-state index contributed by atoms with van der Waals surface area (Å²) in [6.07, 6.45) is 1.69. The van der Waals surface area contributed by atoms with E-state index in [4.69, 9.17) is 9.47 Å². The average molecular weight is 495 g/mol. The van der Waals surface area contributed by atoms with E-state index in [1.165, 1.54) is 4.90 Å². The molecule has 2 amide bonds. The number of ether oxygens (including phenoxy) is 2. The molecule has 1 fully saturated rings. The lowest BCUT2D eigenvalue weighted by molar-refractivity contribution is -0.123. The van der Waals surface area contributed by atoms with E-state index in [9.17, 15) is 9.59 Å². The van der Waals surface area contributed by atoms with Gasteiger partial charge in [-0.05, 0) is 71.1 Å². The molecule has 3 rings (SSSR count). The minimum Gasteiger partial charge on any atom is -0.493 e. The maximum Gasteiger partial charge on any atom is 0.293 e. The lowest BCUT2D eigenvalue weighted by Crippen LogP contribution is -2.27. The first-order chi connectivity index (χ1) is 13.0. The summed E-state index contributed by atoms with van der Waals surface area (Å²) in [7, 11) is 1.57. The van der Waals surface area contributed by atoms with Gasteiger partial charge in [-0.15, -0.1) is 0 Å². The van der Waals surface area contributed by atoms with Crippen molar-refractivity contribution in [3.63, 3.8) is 0 Å². The van der Waals surface area contributed by atoms with E-state index in [0.717, 1.165) is 20.9 Å². The Morgan fingerprint density at radius 1 is 1.15 bits per heavy atom. The molecule has 0 saturated carbocycles. The zero-order valence-corrected chi connectivity index (χ0v) is 17.9. The van der Waals surface area contributed by atoms with Gasteiger partial charge in [-0.1, -0.05) is 24.3 Å². The molecule has 0 aliphatic carbocycles. The fourth-order valence-corrected chi connectivity index (χ4v) is 3.84. The predicted octanol–water partition coefficient (Wildman–Crippen LogP) is 4.94. The van der Waals surface area contributed by atoms with E-state index in [0.29, 0.717) is 28.6 Å². The Bertz CT molecular complexity index is 895. The molecule has 1 aliphatic heterocycles. The summed E-state index contributed by atoms with van der Waals surface area (Å²) in [5, 5.41) is -0.273. The van der Waals surface area contributed by atoms with Crippen molar-refractivity contribution in [2.24, 2.45) is 0 Å². The lowest BCUT2D eigenvalue weighted by atomic mass is 10.1. The number of carbonyl (C=O) groups is 2. The summed E-state index contributed by atoms with van der Waals surface area (Å²) in [5.41, 5.74) is 1.62. The Morgan fingerprint density at radius 2 is 1.89 bits per heavy atom. The van der Waals surface area contributed by atoms with Crippen LogP contribution in [0.5, 0.6) is 11.5 Å². The molecule has 0 N–H and O–H groups in total. The van der Waals surface area contributed by atoms with E-state index in [-0.39, 0.29) is 17.7 Å². The molecular weight excluding hydrogens is 477 g/mol. The summed E-state index contributed by atoms with van der Waals surface area (Å²) in [6.45, 7) is 2.61. The molecule has 1 aliphatic rings. The second-order valence-electron chi connectivity index (χ2n) is 5.71. The fraction of sp³-hybridized carbons (Fsp3) is 0.200. The van der Waals surface area contributed by atoms with Gasteiger partial charge in [0.05, 0.1) is 25.2 Å². The van der Waals surface area contributed by atoms with Gasteiger partial charge in [0.2, 0.25) is 0 Å². The first-order valence-corrected chi connectivity index (χ1v) is 10.2. The summed E-state index contributed by atoms with van der Waals surface area (Å²) >= 11 is 3.16. The molecule has 0 spiro atoms. The third-order valence-corrected chi connectivity index (χ3v) is 5.56. The maximum absolute atomic E-state index is 12.8. The summed E-state index contributed by atoms with van der Waals surface area (Å²) in [5.74, 6) is 0.851. The maximum atomic E-state index is 12.8. The van der Waals surface area contributed by atoms with Crippen LogP contribution < -0.4 is 9.47 Å². The SMILES string of the molecule is CCOc1c(/C=C2\SC(=O)N(Cc3ccc(I)cc3)C2=O)cccc1OC. The topological polar surface area (TPSA) is 55.8 Å². The monoisotopic (exact) mass is 495 g/mol. The third-order valence-electron chi connectivity index (χ3n) is 3.93. The molecule has 0 atom stereocenters. The Labute approximate surface area is 175 Å². The Kier molecular flexibility index (Phi) is 6.43. The number of carbonyl (C=O) groups excluding carboxylic acids is 2.